The van der Waals surface area contributed by atoms with Gasteiger partial charge in [0.1, 0.15) is 0 Å². The first kappa shape index (κ1) is 20.7. The summed E-state index contributed by atoms with van der Waals surface area (Å²) < 4.78 is 0. The van der Waals surface area contributed by atoms with E-state index in [1.807, 2.05) is 6.08 Å². The molecule has 0 spiro atoms. The fourth-order valence-corrected chi connectivity index (χ4v) is 3.13. The molecule has 1 heteroatoms. The van der Waals surface area contributed by atoms with Crippen molar-refractivity contribution in [1.82, 2.24) is 0 Å². The third-order valence-electron chi connectivity index (χ3n) is 4.50. The van der Waals surface area contributed by atoms with Gasteiger partial charge in [0.25, 0.3) is 0 Å². The van der Waals surface area contributed by atoms with E-state index in [1.165, 1.54) is 64.2 Å². The second-order valence-corrected chi connectivity index (χ2v) is 7.11. The molecule has 0 aromatic rings. The van der Waals surface area contributed by atoms with Crippen LogP contribution in [0.4, 0.5) is 0 Å². The highest BCUT2D eigenvalue weighted by atomic mass is 16.3. The molecule has 1 nitrogen and oxygen atoms in total. The zero-order valence-corrected chi connectivity index (χ0v) is 14.9. The Bertz CT molecular complexity index is 224. The Labute approximate surface area is 134 Å². The summed E-state index contributed by atoms with van der Waals surface area (Å²) in [6.45, 7) is 10.6. The smallest absolute Gasteiger partial charge is 0.0545 e. The lowest BCUT2D eigenvalue weighted by molar-refractivity contribution is 0.115. The molecule has 0 aliphatic carbocycles. The normalized spacial score (nSPS) is 15.6. The zero-order chi connectivity index (χ0) is 15.9. The van der Waals surface area contributed by atoms with Crippen LogP contribution in [0, 0.1) is 11.8 Å². The summed E-state index contributed by atoms with van der Waals surface area (Å²) in [5.74, 6) is 1.35. The van der Waals surface area contributed by atoms with E-state index in [1.54, 1.807) is 0 Å². The van der Waals surface area contributed by atoms with Crippen LogP contribution in [0.5, 0.6) is 0 Å². The summed E-state index contributed by atoms with van der Waals surface area (Å²) in [5, 5.41) is 10.2. The number of aliphatic hydroxyl groups excluding tert-OH is 1. The van der Waals surface area contributed by atoms with E-state index in [-0.39, 0.29) is 6.10 Å². The van der Waals surface area contributed by atoms with Crippen LogP contribution in [0.15, 0.2) is 12.7 Å². The third kappa shape index (κ3) is 14.4. The number of aliphatic hydroxyl groups is 1. The van der Waals surface area contributed by atoms with Crippen molar-refractivity contribution in [3.8, 4) is 0 Å². The first-order valence-corrected chi connectivity index (χ1v) is 9.39. The summed E-state index contributed by atoms with van der Waals surface area (Å²) >= 11 is 0. The van der Waals surface area contributed by atoms with Gasteiger partial charge in [-0.3, -0.25) is 0 Å². The monoisotopic (exact) mass is 296 g/mol. The van der Waals surface area contributed by atoms with Gasteiger partial charge < -0.3 is 5.11 Å². The van der Waals surface area contributed by atoms with Gasteiger partial charge in [0.15, 0.2) is 0 Å². The second-order valence-electron chi connectivity index (χ2n) is 7.11. The molecular weight excluding hydrogens is 256 g/mol. The van der Waals surface area contributed by atoms with Gasteiger partial charge in [-0.25, -0.2) is 0 Å². The zero-order valence-electron chi connectivity index (χ0n) is 14.9. The van der Waals surface area contributed by atoms with Crippen molar-refractivity contribution in [2.45, 2.75) is 104 Å². The number of hydrogen-bond donors (Lipinski definition) is 1. The minimum absolute atomic E-state index is 0.0838. The minimum Gasteiger partial charge on any atom is -0.393 e. The van der Waals surface area contributed by atoms with Crippen LogP contribution >= 0.6 is 0 Å². The average molecular weight is 297 g/mol. The fraction of sp³-hybridized carbons (Fsp3) is 0.900. The van der Waals surface area contributed by atoms with Crippen LogP contribution in [-0.2, 0) is 0 Å². The average Bonchev–Trinajstić information content (AvgIpc) is 2.43. The first-order chi connectivity index (χ1) is 10.1. The van der Waals surface area contributed by atoms with Crippen LogP contribution in [0.25, 0.3) is 0 Å². The van der Waals surface area contributed by atoms with Gasteiger partial charge in [0.2, 0.25) is 0 Å². The molecule has 0 aliphatic rings. The van der Waals surface area contributed by atoms with Gasteiger partial charge in [0, 0.05) is 0 Å². The summed E-state index contributed by atoms with van der Waals surface area (Å²) in [4.78, 5) is 0. The van der Waals surface area contributed by atoms with Crippen molar-refractivity contribution in [2.75, 3.05) is 0 Å². The molecule has 0 aromatic carbocycles. The van der Waals surface area contributed by atoms with Gasteiger partial charge in [-0.05, 0) is 37.5 Å². The van der Waals surface area contributed by atoms with E-state index in [0.29, 0.717) is 11.8 Å². The number of rotatable bonds is 15. The standard InChI is InChI=1S/C20H40O/c1-5-7-9-10-11-12-13-15-19(4)17-20(21)16-18(3)14-8-6-2/h5,18-21H,1,6-17H2,2-4H3/t18-,19-,20?/m1/s1. The lowest BCUT2D eigenvalue weighted by Gasteiger charge is -2.19. The minimum atomic E-state index is -0.0838. The first-order valence-electron chi connectivity index (χ1n) is 9.39. The summed E-state index contributed by atoms with van der Waals surface area (Å²) in [7, 11) is 0. The van der Waals surface area contributed by atoms with Crippen molar-refractivity contribution in [3.63, 3.8) is 0 Å². The molecule has 0 saturated carbocycles. The molecule has 0 saturated heterocycles. The number of unbranched alkanes of at least 4 members (excludes halogenated alkanes) is 6. The molecule has 126 valence electrons. The van der Waals surface area contributed by atoms with Gasteiger partial charge >= 0.3 is 0 Å². The van der Waals surface area contributed by atoms with E-state index in [2.05, 4.69) is 27.4 Å². The van der Waals surface area contributed by atoms with E-state index in [4.69, 9.17) is 0 Å². The van der Waals surface area contributed by atoms with Crippen molar-refractivity contribution in [2.24, 2.45) is 11.8 Å². The molecule has 0 rings (SSSR count). The quantitative estimate of drug-likeness (QED) is 0.270. The fourth-order valence-electron chi connectivity index (χ4n) is 3.13. The number of hydrogen-bond acceptors (Lipinski definition) is 1. The Balaban J connectivity index is 3.50. The van der Waals surface area contributed by atoms with Crippen LogP contribution in [-0.4, -0.2) is 11.2 Å². The predicted molar refractivity (Wildman–Crippen MR) is 95.6 cm³/mol. The molecule has 0 aliphatic heterocycles. The maximum atomic E-state index is 10.2. The molecule has 0 fully saturated rings. The lowest BCUT2D eigenvalue weighted by Crippen LogP contribution is -2.15. The van der Waals surface area contributed by atoms with Crippen LogP contribution in [0.1, 0.15) is 97.8 Å². The molecular formula is C20H40O. The summed E-state index contributed by atoms with van der Waals surface area (Å²) in [6.07, 6.45) is 16.9. The highest BCUT2D eigenvalue weighted by Gasteiger charge is 2.13. The Hall–Kier alpha value is -0.300. The van der Waals surface area contributed by atoms with Crippen molar-refractivity contribution >= 4 is 0 Å². The van der Waals surface area contributed by atoms with E-state index in [0.717, 1.165) is 12.8 Å². The highest BCUT2D eigenvalue weighted by Crippen LogP contribution is 2.21. The van der Waals surface area contributed by atoms with E-state index < -0.39 is 0 Å². The van der Waals surface area contributed by atoms with Gasteiger partial charge in [-0.2, -0.15) is 0 Å². The molecule has 0 amide bonds. The Morgan fingerprint density at radius 3 is 1.95 bits per heavy atom. The van der Waals surface area contributed by atoms with E-state index >= 15 is 0 Å². The molecule has 1 unspecified atom stereocenters. The van der Waals surface area contributed by atoms with Crippen molar-refractivity contribution < 1.29 is 5.11 Å². The molecule has 21 heavy (non-hydrogen) atoms. The summed E-state index contributed by atoms with van der Waals surface area (Å²) in [5.41, 5.74) is 0. The third-order valence-corrected chi connectivity index (χ3v) is 4.50. The van der Waals surface area contributed by atoms with Crippen molar-refractivity contribution in [3.05, 3.63) is 12.7 Å². The molecule has 0 bridgehead atoms. The molecule has 0 heterocycles. The Morgan fingerprint density at radius 1 is 0.857 bits per heavy atom. The molecule has 0 radical (unpaired) electrons. The van der Waals surface area contributed by atoms with Gasteiger partial charge in [-0.1, -0.05) is 78.2 Å². The molecule has 3 atom stereocenters. The lowest BCUT2D eigenvalue weighted by atomic mass is 9.90. The Morgan fingerprint density at radius 2 is 1.38 bits per heavy atom. The summed E-state index contributed by atoms with van der Waals surface area (Å²) in [6, 6.07) is 0. The SMILES string of the molecule is C=CCCCCCCC[C@@H](C)CC(O)C[C@H](C)CCCC. The highest BCUT2D eigenvalue weighted by molar-refractivity contribution is 4.67. The second kappa shape index (κ2) is 14.6. The van der Waals surface area contributed by atoms with Crippen LogP contribution < -0.4 is 0 Å². The Kier molecular flexibility index (Phi) is 14.4. The van der Waals surface area contributed by atoms with Crippen LogP contribution in [0.2, 0.25) is 0 Å². The topological polar surface area (TPSA) is 20.2 Å². The largest absolute Gasteiger partial charge is 0.393 e. The van der Waals surface area contributed by atoms with Gasteiger partial charge in [0.05, 0.1) is 6.10 Å². The maximum Gasteiger partial charge on any atom is 0.0545 e. The predicted octanol–water partition coefficient (Wildman–Crippen LogP) is 6.51. The van der Waals surface area contributed by atoms with Crippen molar-refractivity contribution in [1.29, 1.82) is 0 Å². The van der Waals surface area contributed by atoms with E-state index in [9.17, 15) is 5.11 Å². The molecule has 1 N–H and O–H groups in total. The van der Waals surface area contributed by atoms with Gasteiger partial charge in [-0.15, -0.1) is 6.58 Å². The number of allylic oxidation sites excluding steroid dienone is 1. The molecule has 0 aromatic heterocycles. The maximum absolute atomic E-state index is 10.2. The van der Waals surface area contributed by atoms with Crippen LogP contribution in [0.3, 0.4) is 0 Å².